The molecule has 0 atom stereocenters. The van der Waals surface area contributed by atoms with Crippen LogP contribution in [0.15, 0.2) is 48.5 Å². The van der Waals surface area contributed by atoms with Crippen LogP contribution in [0.5, 0.6) is 11.5 Å². The van der Waals surface area contributed by atoms with Crippen molar-refractivity contribution in [3.05, 3.63) is 65.5 Å². The minimum Gasteiger partial charge on any atom is -0.497 e. The normalized spacial score (nSPS) is 10.4. The van der Waals surface area contributed by atoms with Crippen LogP contribution in [-0.4, -0.2) is 29.1 Å². The molecule has 0 unspecified atom stereocenters. The summed E-state index contributed by atoms with van der Waals surface area (Å²) in [5.74, 6) is 1.64. The first kappa shape index (κ1) is 19.7. The third-order valence-corrected chi connectivity index (χ3v) is 4.64. The second-order valence-electron chi connectivity index (χ2n) is 6.36. The maximum absolute atomic E-state index is 5.46. The third-order valence-electron chi connectivity index (χ3n) is 4.43. The molecule has 0 aliphatic rings. The smallest absolute Gasteiger partial charge is 0.175 e. The standard InChI is InChI=1S/C21H24N4O2S/c1-14-20(23-21(28)22-17-8-10-18(26-3)11-9-17)15(2)25(24-14)13-16-6-5-7-19(12-16)27-4/h5-12H,13H2,1-4H3,(H2,22,23,28). The number of rotatable bonds is 6. The van der Waals surface area contributed by atoms with Crippen molar-refractivity contribution < 1.29 is 9.47 Å². The molecule has 3 aromatic rings. The summed E-state index contributed by atoms with van der Waals surface area (Å²) < 4.78 is 12.4. The Morgan fingerprint density at radius 2 is 1.71 bits per heavy atom. The van der Waals surface area contributed by atoms with Gasteiger partial charge in [-0.2, -0.15) is 5.10 Å². The predicted molar refractivity (Wildman–Crippen MR) is 117 cm³/mol. The minimum atomic E-state index is 0.511. The Kier molecular flexibility index (Phi) is 6.16. The van der Waals surface area contributed by atoms with E-state index < -0.39 is 0 Å². The van der Waals surface area contributed by atoms with Crippen LogP contribution in [0.25, 0.3) is 0 Å². The van der Waals surface area contributed by atoms with Gasteiger partial charge < -0.3 is 20.1 Å². The molecule has 0 aliphatic carbocycles. The van der Waals surface area contributed by atoms with E-state index in [4.69, 9.17) is 21.7 Å². The van der Waals surface area contributed by atoms with Gasteiger partial charge in [-0.15, -0.1) is 0 Å². The minimum absolute atomic E-state index is 0.511. The lowest BCUT2D eigenvalue weighted by molar-refractivity contribution is 0.414. The van der Waals surface area contributed by atoms with Crippen molar-refractivity contribution in [2.24, 2.45) is 0 Å². The monoisotopic (exact) mass is 396 g/mol. The fourth-order valence-electron chi connectivity index (χ4n) is 2.93. The SMILES string of the molecule is COc1ccc(NC(=S)Nc2c(C)nn(Cc3cccc(OC)c3)c2C)cc1. The molecule has 0 saturated heterocycles. The second-order valence-corrected chi connectivity index (χ2v) is 6.77. The maximum Gasteiger partial charge on any atom is 0.175 e. The number of aryl methyl sites for hydroxylation is 1. The van der Waals surface area contributed by atoms with E-state index in [0.29, 0.717) is 11.7 Å². The molecule has 0 bridgehead atoms. The molecule has 0 fully saturated rings. The van der Waals surface area contributed by atoms with Crippen molar-refractivity contribution in [3.8, 4) is 11.5 Å². The maximum atomic E-state index is 5.46. The van der Waals surface area contributed by atoms with Crippen molar-refractivity contribution in [1.82, 2.24) is 9.78 Å². The van der Waals surface area contributed by atoms with Gasteiger partial charge in [0.2, 0.25) is 0 Å². The highest BCUT2D eigenvalue weighted by molar-refractivity contribution is 7.80. The van der Waals surface area contributed by atoms with Gasteiger partial charge in [-0.1, -0.05) is 12.1 Å². The summed E-state index contributed by atoms with van der Waals surface area (Å²) in [5, 5.41) is 11.6. The van der Waals surface area contributed by atoms with Gasteiger partial charge in [0, 0.05) is 5.69 Å². The number of ether oxygens (including phenoxy) is 2. The molecule has 6 nitrogen and oxygen atoms in total. The average Bonchev–Trinajstić information content (AvgIpc) is 2.96. The fraction of sp³-hybridized carbons (Fsp3) is 0.238. The highest BCUT2D eigenvalue weighted by Crippen LogP contribution is 2.22. The molecule has 1 heterocycles. The Balaban J connectivity index is 1.71. The third kappa shape index (κ3) is 4.61. The number of thiocarbonyl (C=S) groups is 1. The molecule has 0 saturated carbocycles. The van der Waals surface area contributed by atoms with Crippen LogP contribution < -0.4 is 20.1 Å². The van der Waals surface area contributed by atoms with E-state index >= 15 is 0 Å². The molecule has 0 amide bonds. The Labute approximate surface area is 170 Å². The molecule has 1 aromatic heterocycles. The number of nitrogens with one attached hydrogen (secondary N) is 2. The van der Waals surface area contributed by atoms with Crippen LogP contribution in [0.4, 0.5) is 11.4 Å². The number of methoxy groups -OCH3 is 2. The zero-order chi connectivity index (χ0) is 20.1. The predicted octanol–water partition coefficient (Wildman–Crippen LogP) is 4.37. The van der Waals surface area contributed by atoms with Crippen LogP contribution in [0, 0.1) is 13.8 Å². The van der Waals surface area contributed by atoms with Crippen molar-refractivity contribution >= 4 is 28.7 Å². The summed E-state index contributed by atoms with van der Waals surface area (Å²) in [5.41, 5.74) is 4.82. The fourth-order valence-corrected chi connectivity index (χ4v) is 3.15. The van der Waals surface area contributed by atoms with Gasteiger partial charge in [0.25, 0.3) is 0 Å². The molecule has 0 spiro atoms. The second kappa shape index (κ2) is 8.75. The van der Waals surface area contributed by atoms with Crippen LogP contribution in [0.1, 0.15) is 17.0 Å². The zero-order valence-corrected chi connectivity index (χ0v) is 17.3. The zero-order valence-electron chi connectivity index (χ0n) is 16.4. The van der Waals surface area contributed by atoms with Crippen LogP contribution in [0.2, 0.25) is 0 Å². The molecule has 0 radical (unpaired) electrons. The van der Waals surface area contributed by atoms with Gasteiger partial charge in [-0.25, -0.2) is 0 Å². The quantitative estimate of drug-likeness (QED) is 0.603. The number of nitrogens with zero attached hydrogens (tertiary/aromatic N) is 2. The summed E-state index contributed by atoms with van der Waals surface area (Å²) in [6.07, 6.45) is 0. The molecule has 2 aromatic carbocycles. The van der Waals surface area contributed by atoms with E-state index in [1.54, 1.807) is 14.2 Å². The highest BCUT2D eigenvalue weighted by atomic mass is 32.1. The number of benzene rings is 2. The number of aromatic nitrogens is 2. The first-order chi connectivity index (χ1) is 13.5. The summed E-state index contributed by atoms with van der Waals surface area (Å²) in [4.78, 5) is 0. The van der Waals surface area contributed by atoms with Gasteiger partial charge in [-0.05, 0) is 68.0 Å². The van der Waals surface area contributed by atoms with E-state index in [0.717, 1.165) is 39.8 Å². The molecule has 2 N–H and O–H groups in total. The van der Waals surface area contributed by atoms with E-state index in [2.05, 4.69) is 21.8 Å². The van der Waals surface area contributed by atoms with Crippen LogP contribution in [-0.2, 0) is 6.54 Å². The summed E-state index contributed by atoms with van der Waals surface area (Å²) >= 11 is 5.46. The molecule has 28 heavy (non-hydrogen) atoms. The largest absolute Gasteiger partial charge is 0.497 e. The van der Waals surface area contributed by atoms with Crippen molar-refractivity contribution in [1.29, 1.82) is 0 Å². The van der Waals surface area contributed by atoms with E-state index in [1.165, 1.54) is 0 Å². The van der Waals surface area contributed by atoms with E-state index in [-0.39, 0.29) is 0 Å². The first-order valence-corrected chi connectivity index (χ1v) is 9.30. The summed E-state index contributed by atoms with van der Waals surface area (Å²) in [7, 11) is 3.31. The molecule has 3 rings (SSSR count). The van der Waals surface area contributed by atoms with E-state index in [1.807, 2.05) is 61.0 Å². The van der Waals surface area contributed by atoms with Crippen molar-refractivity contribution in [3.63, 3.8) is 0 Å². The average molecular weight is 397 g/mol. The lowest BCUT2D eigenvalue weighted by Gasteiger charge is -2.12. The molecule has 146 valence electrons. The molecule has 0 aliphatic heterocycles. The van der Waals surface area contributed by atoms with Gasteiger partial charge in [0.15, 0.2) is 5.11 Å². The molecule has 7 heteroatoms. The number of anilines is 2. The van der Waals surface area contributed by atoms with Crippen molar-refractivity contribution in [2.45, 2.75) is 20.4 Å². The topological polar surface area (TPSA) is 60.3 Å². The first-order valence-electron chi connectivity index (χ1n) is 8.89. The Hall–Kier alpha value is -3.06. The Morgan fingerprint density at radius 3 is 2.39 bits per heavy atom. The van der Waals surface area contributed by atoms with Crippen LogP contribution in [0.3, 0.4) is 0 Å². The number of hydrogen-bond donors (Lipinski definition) is 2. The number of hydrogen-bond acceptors (Lipinski definition) is 4. The van der Waals surface area contributed by atoms with Crippen molar-refractivity contribution in [2.75, 3.05) is 24.9 Å². The molecular formula is C21H24N4O2S. The van der Waals surface area contributed by atoms with Gasteiger partial charge in [0.1, 0.15) is 11.5 Å². The van der Waals surface area contributed by atoms with Gasteiger partial charge in [-0.3, -0.25) is 4.68 Å². The van der Waals surface area contributed by atoms with Gasteiger partial charge >= 0.3 is 0 Å². The Bertz CT molecular complexity index is 967. The lowest BCUT2D eigenvalue weighted by Crippen LogP contribution is -2.20. The Morgan fingerprint density at radius 1 is 1.00 bits per heavy atom. The van der Waals surface area contributed by atoms with E-state index in [9.17, 15) is 0 Å². The summed E-state index contributed by atoms with van der Waals surface area (Å²) in [6, 6.07) is 15.6. The van der Waals surface area contributed by atoms with Gasteiger partial charge in [0.05, 0.1) is 37.8 Å². The summed E-state index contributed by atoms with van der Waals surface area (Å²) in [6.45, 7) is 4.65. The highest BCUT2D eigenvalue weighted by Gasteiger charge is 2.13. The lowest BCUT2D eigenvalue weighted by atomic mass is 10.2. The molecular weight excluding hydrogens is 372 g/mol. The van der Waals surface area contributed by atoms with Crippen LogP contribution >= 0.6 is 12.2 Å².